The number of benzene rings is 1. The van der Waals surface area contributed by atoms with Crippen LogP contribution in [0, 0.1) is 6.92 Å². The molecule has 0 fully saturated rings. The third-order valence-electron chi connectivity index (χ3n) is 2.10. The number of aliphatic hydroxyl groups excluding tert-OH is 2. The quantitative estimate of drug-likeness (QED) is 0.740. The number of halogens is 1. The van der Waals surface area contributed by atoms with Gasteiger partial charge in [-0.3, -0.25) is 0 Å². The van der Waals surface area contributed by atoms with Crippen LogP contribution in [0.5, 0.6) is 0 Å². The minimum Gasteiger partial charge on any atom is -0.389 e. The van der Waals surface area contributed by atoms with Crippen molar-refractivity contribution in [1.29, 1.82) is 0 Å². The molecule has 0 saturated heterocycles. The van der Waals surface area contributed by atoms with Crippen LogP contribution in [0.4, 0.5) is 0 Å². The normalized spacial score (nSPS) is 15.2. The molecule has 0 aliphatic carbocycles. The first kappa shape index (κ1) is 12.0. The number of thiol groups is 1. The average molecular weight is 277 g/mol. The summed E-state index contributed by atoms with van der Waals surface area (Å²) >= 11 is 7.28. The largest absolute Gasteiger partial charge is 0.389 e. The molecule has 78 valence electrons. The molecule has 14 heavy (non-hydrogen) atoms. The smallest absolute Gasteiger partial charge is 0.106 e. The molecule has 0 aliphatic rings. The van der Waals surface area contributed by atoms with Gasteiger partial charge < -0.3 is 10.2 Å². The zero-order chi connectivity index (χ0) is 10.7. The summed E-state index contributed by atoms with van der Waals surface area (Å²) in [6, 6.07) is 5.55. The molecule has 0 bridgehead atoms. The fourth-order valence-corrected chi connectivity index (χ4v) is 1.95. The summed E-state index contributed by atoms with van der Waals surface area (Å²) in [5.41, 5.74) is 1.70. The van der Waals surface area contributed by atoms with Crippen LogP contribution in [0.1, 0.15) is 17.2 Å². The van der Waals surface area contributed by atoms with Gasteiger partial charge in [-0.15, -0.1) is 0 Å². The van der Waals surface area contributed by atoms with Crippen LogP contribution in [0.15, 0.2) is 22.7 Å². The van der Waals surface area contributed by atoms with Crippen molar-refractivity contribution in [3.63, 3.8) is 0 Å². The van der Waals surface area contributed by atoms with E-state index < -0.39 is 12.2 Å². The van der Waals surface area contributed by atoms with Gasteiger partial charge in [0.05, 0.1) is 6.10 Å². The van der Waals surface area contributed by atoms with E-state index in [2.05, 4.69) is 28.6 Å². The molecule has 0 spiro atoms. The van der Waals surface area contributed by atoms with Crippen molar-refractivity contribution in [3.8, 4) is 0 Å². The van der Waals surface area contributed by atoms with Gasteiger partial charge in [-0.25, -0.2) is 0 Å². The van der Waals surface area contributed by atoms with Gasteiger partial charge in [-0.1, -0.05) is 22.0 Å². The van der Waals surface area contributed by atoms with Gasteiger partial charge in [0.15, 0.2) is 0 Å². The van der Waals surface area contributed by atoms with Crippen molar-refractivity contribution < 1.29 is 10.2 Å². The van der Waals surface area contributed by atoms with Crippen molar-refractivity contribution in [2.24, 2.45) is 0 Å². The Bertz CT molecular complexity index is 317. The molecule has 2 atom stereocenters. The van der Waals surface area contributed by atoms with Gasteiger partial charge in [-0.2, -0.15) is 12.6 Å². The van der Waals surface area contributed by atoms with Crippen molar-refractivity contribution in [2.75, 3.05) is 5.75 Å². The maximum Gasteiger partial charge on any atom is 0.106 e. The second-order valence-electron chi connectivity index (χ2n) is 3.20. The molecule has 2 N–H and O–H groups in total. The third kappa shape index (κ3) is 2.73. The Balaban J connectivity index is 2.95. The molecule has 0 radical (unpaired) electrons. The second kappa shape index (κ2) is 5.16. The molecule has 1 rings (SSSR count). The zero-order valence-electron chi connectivity index (χ0n) is 7.81. The molecule has 0 aromatic heterocycles. The van der Waals surface area contributed by atoms with E-state index >= 15 is 0 Å². The van der Waals surface area contributed by atoms with Crippen LogP contribution < -0.4 is 0 Å². The number of rotatable bonds is 3. The Morgan fingerprint density at radius 1 is 1.43 bits per heavy atom. The summed E-state index contributed by atoms with van der Waals surface area (Å²) in [5.74, 6) is 0.247. The summed E-state index contributed by atoms with van der Waals surface area (Å²) in [6.07, 6.45) is -1.68. The molecular weight excluding hydrogens is 264 g/mol. The highest BCUT2D eigenvalue weighted by Gasteiger charge is 2.18. The van der Waals surface area contributed by atoms with Crippen LogP contribution in [-0.4, -0.2) is 22.1 Å². The molecular formula is C10H13BrO2S. The van der Waals surface area contributed by atoms with E-state index in [1.807, 2.05) is 19.1 Å². The predicted molar refractivity (Wildman–Crippen MR) is 63.7 cm³/mol. The Kier molecular flexibility index (Phi) is 4.44. The third-order valence-corrected chi connectivity index (χ3v) is 2.97. The first-order chi connectivity index (χ1) is 6.56. The number of aliphatic hydroxyl groups is 2. The van der Waals surface area contributed by atoms with Gasteiger partial charge in [0.1, 0.15) is 6.10 Å². The van der Waals surface area contributed by atoms with Gasteiger partial charge >= 0.3 is 0 Å². The molecule has 0 saturated carbocycles. The van der Waals surface area contributed by atoms with Gasteiger partial charge in [0.2, 0.25) is 0 Å². The molecule has 0 amide bonds. The van der Waals surface area contributed by atoms with Crippen molar-refractivity contribution >= 4 is 28.6 Å². The molecule has 4 heteroatoms. The van der Waals surface area contributed by atoms with Crippen molar-refractivity contribution in [1.82, 2.24) is 0 Å². The van der Waals surface area contributed by atoms with Crippen molar-refractivity contribution in [3.05, 3.63) is 33.8 Å². The molecule has 1 aromatic carbocycles. The minimum atomic E-state index is -0.861. The maximum atomic E-state index is 9.75. The lowest BCUT2D eigenvalue weighted by Gasteiger charge is -2.18. The monoisotopic (exact) mass is 276 g/mol. The fraction of sp³-hybridized carbons (Fsp3) is 0.400. The molecule has 0 aliphatic heterocycles. The van der Waals surface area contributed by atoms with Crippen LogP contribution in [0.2, 0.25) is 0 Å². The summed E-state index contributed by atoms with van der Waals surface area (Å²) in [6.45, 7) is 1.90. The van der Waals surface area contributed by atoms with E-state index in [-0.39, 0.29) is 5.75 Å². The van der Waals surface area contributed by atoms with E-state index in [4.69, 9.17) is 0 Å². The van der Waals surface area contributed by atoms with Crippen LogP contribution >= 0.6 is 28.6 Å². The standard InChI is InChI=1S/C10H13BrO2S/c1-6-4-7(11)2-3-8(6)10(13)9(12)5-14/h2-4,9-10,12-14H,5H2,1H3. The summed E-state index contributed by atoms with van der Waals surface area (Å²) in [7, 11) is 0. The Morgan fingerprint density at radius 2 is 2.07 bits per heavy atom. The summed E-state index contributed by atoms with van der Waals surface area (Å²) in [5, 5.41) is 19.2. The van der Waals surface area contributed by atoms with E-state index in [9.17, 15) is 10.2 Å². The topological polar surface area (TPSA) is 40.5 Å². The fourth-order valence-electron chi connectivity index (χ4n) is 1.28. The maximum absolute atomic E-state index is 9.75. The minimum absolute atomic E-state index is 0.247. The highest BCUT2D eigenvalue weighted by atomic mass is 79.9. The highest BCUT2D eigenvalue weighted by Crippen LogP contribution is 2.24. The van der Waals surface area contributed by atoms with Gasteiger partial charge in [-0.05, 0) is 30.2 Å². The van der Waals surface area contributed by atoms with E-state index in [1.54, 1.807) is 6.07 Å². The second-order valence-corrected chi connectivity index (χ2v) is 4.48. The van der Waals surface area contributed by atoms with Gasteiger partial charge in [0, 0.05) is 10.2 Å². The molecule has 0 heterocycles. The SMILES string of the molecule is Cc1cc(Br)ccc1C(O)C(O)CS. The highest BCUT2D eigenvalue weighted by molar-refractivity contribution is 9.10. The number of hydrogen-bond acceptors (Lipinski definition) is 3. The van der Waals surface area contributed by atoms with E-state index in [1.165, 1.54) is 0 Å². The van der Waals surface area contributed by atoms with Crippen molar-refractivity contribution in [2.45, 2.75) is 19.1 Å². The lowest BCUT2D eigenvalue weighted by atomic mass is 10.0. The van der Waals surface area contributed by atoms with E-state index in [0.717, 1.165) is 15.6 Å². The lowest BCUT2D eigenvalue weighted by Crippen LogP contribution is -2.20. The average Bonchev–Trinajstić information content (AvgIpc) is 2.15. The predicted octanol–water partition coefficient (Wildman–Crippen LogP) is 2.08. The summed E-state index contributed by atoms with van der Waals surface area (Å²) in [4.78, 5) is 0. The van der Waals surface area contributed by atoms with Crippen LogP contribution in [-0.2, 0) is 0 Å². The molecule has 1 aromatic rings. The molecule has 2 nitrogen and oxygen atoms in total. The summed E-state index contributed by atoms with van der Waals surface area (Å²) < 4.78 is 0.964. The van der Waals surface area contributed by atoms with Crippen LogP contribution in [0.3, 0.4) is 0 Å². The molecule has 2 unspecified atom stereocenters. The van der Waals surface area contributed by atoms with E-state index in [0.29, 0.717) is 0 Å². The lowest BCUT2D eigenvalue weighted by molar-refractivity contribution is 0.0333. The Hall–Kier alpha value is -0.0300. The first-order valence-electron chi connectivity index (χ1n) is 4.29. The first-order valence-corrected chi connectivity index (χ1v) is 5.72. The Labute approximate surface area is 97.5 Å². The Morgan fingerprint density at radius 3 is 2.57 bits per heavy atom. The van der Waals surface area contributed by atoms with Crippen LogP contribution in [0.25, 0.3) is 0 Å². The number of hydrogen-bond donors (Lipinski definition) is 3. The zero-order valence-corrected chi connectivity index (χ0v) is 10.3. The number of aryl methyl sites for hydroxylation is 1. The van der Waals surface area contributed by atoms with Gasteiger partial charge in [0.25, 0.3) is 0 Å².